The first-order chi connectivity index (χ1) is 10.6. The molecule has 2 aliphatic rings. The van der Waals surface area contributed by atoms with Gasteiger partial charge in [0.15, 0.2) is 11.2 Å². The van der Waals surface area contributed by atoms with Crippen LogP contribution in [0.25, 0.3) is 0 Å². The summed E-state index contributed by atoms with van der Waals surface area (Å²) in [6.07, 6.45) is 1.71. The second-order valence-electron chi connectivity index (χ2n) is 5.58. The molecule has 1 fully saturated rings. The Morgan fingerprint density at radius 2 is 2.05 bits per heavy atom. The van der Waals surface area contributed by atoms with Crippen molar-refractivity contribution in [1.29, 1.82) is 0 Å². The number of fused-ring (bicyclic) bond motifs is 1. The highest BCUT2D eigenvalue weighted by molar-refractivity contribution is 6.14. The van der Waals surface area contributed by atoms with Crippen LogP contribution in [0.5, 0.6) is 0 Å². The predicted octanol–water partition coefficient (Wildman–Crippen LogP) is 1.81. The molecule has 0 spiro atoms. The Labute approximate surface area is 127 Å². The number of benzene rings is 1. The zero-order valence-electron chi connectivity index (χ0n) is 12.2. The van der Waals surface area contributed by atoms with Crippen LogP contribution in [-0.4, -0.2) is 24.3 Å². The molecule has 0 saturated carbocycles. The summed E-state index contributed by atoms with van der Waals surface area (Å²) in [6.45, 7) is 1.82. The lowest BCUT2D eigenvalue weighted by Crippen LogP contribution is -2.51. The molecule has 0 unspecified atom stereocenters. The van der Waals surface area contributed by atoms with Gasteiger partial charge in [0.2, 0.25) is 0 Å². The topological polar surface area (TPSA) is 69.7 Å². The van der Waals surface area contributed by atoms with Gasteiger partial charge < -0.3 is 9.47 Å². The van der Waals surface area contributed by atoms with Crippen LogP contribution in [0, 0.1) is 11.3 Å². The molecular formula is C17H16O5. The molecule has 3 rings (SSSR count). The van der Waals surface area contributed by atoms with Crippen LogP contribution in [0.15, 0.2) is 42.0 Å². The first-order valence-corrected chi connectivity index (χ1v) is 7.18. The van der Waals surface area contributed by atoms with Gasteiger partial charge in [-0.15, -0.1) is 0 Å². The van der Waals surface area contributed by atoms with Crippen molar-refractivity contribution in [3.63, 3.8) is 0 Å². The molecule has 22 heavy (non-hydrogen) atoms. The van der Waals surface area contributed by atoms with Crippen LogP contribution in [0.2, 0.25) is 0 Å². The van der Waals surface area contributed by atoms with Gasteiger partial charge in [-0.1, -0.05) is 30.3 Å². The van der Waals surface area contributed by atoms with E-state index < -0.39 is 23.3 Å². The Hall–Kier alpha value is -2.43. The fourth-order valence-corrected chi connectivity index (χ4v) is 3.18. The zero-order chi connectivity index (χ0) is 15.7. The number of esters is 2. The Bertz CT molecular complexity index is 661. The summed E-state index contributed by atoms with van der Waals surface area (Å²) in [6, 6.07) is 9.18. The summed E-state index contributed by atoms with van der Waals surface area (Å²) in [4.78, 5) is 37.0. The summed E-state index contributed by atoms with van der Waals surface area (Å²) in [5.74, 6) is -2.28. The number of rotatable bonds is 3. The highest BCUT2D eigenvalue weighted by Gasteiger charge is 2.63. The van der Waals surface area contributed by atoms with E-state index >= 15 is 0 Å². The van der Waals surface area contributed by atoms with Crippen LogP contribution < -0.4 is 0 Å². The highest BCUT2D eigenvalue weighted by atomic mass is 16.6. The van der Waals surface area contributed by atoms with Gasteiger partial charge in [-0.2, -0.15) is 0 Å². The second-order valence-corrected chi connectivity index (χ2v) is 5.58. The van der Waals surface area contributed by atoms with Gasteiger partial charge >= 0.3 is 11.9 Å². The number of carbonyl (C=O) groups excluding carboxylic acids is 3. The van der Waals surface area contributed by atoms with Crippen molar-refractivity contribution in [3.8, 4) is 0 Å². The maximum Gasteiger partial charge on any atom is 0.328 e. The molecule has 1 aromatic carbocycles. The van der Waals surface area contributed by atoms with E-state index in [0.717, 1.165) is 5.56 Å². The van der Waals surface area contributed by atoms with Gasteiger partial charge in [-0.3, -0.25) is 14.4 Å². The van der Waals surface area contributed by atoms with Crippen molar-refractivity contribution in [2.45, 2.75) is 20.0 Å². The molecule has 1 heterocycles. The number of carbonyl (C=O) groups is 3. The number of hydrogen-bond acceptors (Lipinski definition) is 5. The molecule has 0 radical (unpaired) electrons. The van der Waals surface area contributed by atoms with E-state index in [0.29, 0.717) is 12.0 Å². The minimum absolute atomic E-state index is 0.0584. The van der Waals surface area contributed by atoms with Gasteiger partial charge in [-0.05, 0) is 30.6 Å². The number of ether oxygens (including phenoxy) is 2. The number of allylic oxidation sites excluding steroid dienone is 1. The van der Waals surface area contributed by atoms with Crippen molar-refractivity contribution < 1.29 is 23.9 Å². The quantitative estimate of drug-likeness (QED) is 0.629. The van der Waals surface area contributed by atoms with Crippen LogP contribution in [0.4, 0.5) is 0 Å². The summed E-state index contributed by atoms with van der Waals surface area (Å²) < 4.78 is 10.4. The third-order valence-corrected chi connectivity index (χ3v) is 4.34. The molecule has 0 bridgehead atoms. The normalized spacial score (nSPS) is 27.0. The Balaban J connectivity index is 1.86. The van der Waals surface area contributed by atoms with E-state index in [2.05, 4.69) is 0 Å². The van der Waals surface area contributed by atoms with Crippen molar-refractivity contribution in [3.05, 3.63) is 47.5 Å². The lowest BCUT2D eigenvalue weighted by Gasteiger charge is -2.35. The maximum absolute atomic E-state index is 12.6. The zero-order valence-corrected chi connectivity index (χ0v) is 12.2. The Morgan fingerprint density at radius 3 is 2.77 bits per heavy atom. The Morgan fingerprint density at radius 1 is 1.32 bits per heavy atom. The lowest BCUT2D eigenvalue weighted by molar-refractivity contribution is -0.180. The molecule has 5 nitrogen and oxygen atoms in total. The van der Waals surface area contributed by atoms with E-state index in [9.17, 15) is 14.4 Å². The monoisotopic (exact) mass is 300 g/mol. The van der Waals surface area contributed by atoms with Crippen molar-refractivity contribution in [2.75, 3.05) is 6.61 Å². The van der Waals surface area contributed by atoms with Gasteiger partial charge in [0.25, 0.3) is 0 Å². The third kappa shape index (κ3) is 2.04. The SMILES string of the molecule is CC1=CC(=O)[C@@H]2CCOC(=O)[C@]12C(=O)OCc1ccccc1. The first kappa shape index (κ1) is 14.5. The van der Waals surface area contributed by atoms with E-state index in [-0.39, 0.29) is 19.0 Å². The smallest absolute Gasteiger partial charge is 0.328 e. The van der Waals surface area contributed by atoms with Gasteiger partial charge in [0.05, 0.1) is 12.5 Å². The molecule has 1 aliphatic carbocycles. The highest BCUT2D eigenvalue weighted by Crippen LogP contribution is 2.48. The van der Waals surface area contributed by atoms with Crippen LogP contribution in [-0.2, 0) is 30.5 Å². The number of cyclic esters (lactones) is 1. The van der Waals surface area contributed by atoms with E-state index in [1.54, 1.807) is 6.92 Å². The Kier molecular flexibility index (Phi) is 3.56. The van der Waals surface area contributed by atoms with E-state index in [1.165, 1.54) is 6.08 Å². The maximum atomic E-state index is 12.6. The average molecular weight is 300 g/mol. The van der Waals surface area contributed by atoms with Crippen LogP contribution in [0.1, 0.15) is 18.9 Å². The summed E-state index contributed by atoms with van der Waals surface area (Å²) >= 11 is 0. The van der Waals surface area contributed by atoms with Crippen molar-refractivity contribution >= 4 is 17.7 Å². The summed E-state index contributed by atoms with van der Waals surface area (Å²) in [5, 5.41) is 0. The lowest BCUT2D eigenvalue weighted by atomic mass is 9.71. The fourth-order valence-electron chi connectivity index (χ4n) is 3.18. The molecular weight excluding hydrogens is 284 g/mol. The molecule has 0 aromatic heterocycles. The van der Waals surface area contributed by atoms with Crippen LogP contribution >= 0.6 is 0 Å². The molecule has 1 aromatic rings. The average Bonchev–Trinajstić information content (AvgIpc) is 2.79. The van der Waals surface area contributed by atoms with Crippen molar-refractivity contribution in [2.24, 2.45) is 11.3 Å². The van der Waals surface area contributed by atoms with E-state index in [1.807, 2.05) is 30.3 Å². The standard InChI is InChI=1S/C17H16O5/c1-11-9-14(18)13-7-8-21-15(19)17(11,13)16(20)22-10-12-5-3-2-4-6-12/h2-6,9,13H,7-8,10H2,1H3/t13-,17-/m0/s1. The molecule has 1 saturated heterocycles. The second kappa shape index (κ2) is 5.40. The van der Waals surface area contributed by atoms with Crippen molar-refractivity contribution in [1.82, 2.24) is 0 Å². The minimum atomic E-state index is -1.59. The van der Waals surface area contributed by atoms with E-state index in [4.69, 9.17) is 9.47 Å². The summed E-state index contributed by atoms with van der Waals surface area (Å²) in [5.41, 5.74) is -0.367. The summed E-state index contributed by atoms with van der Waals surface area (Å²) in [7, 11) is 0. The predicted molar refractivity (Wildman–Crippen MR) is 76.5 cm³/mol. The number of hydrogen-bond donors (Lipinski definition) is 0. The van der Waals surface area contributed by atoms with Gasteiger partial charge in [0, 0.05) is 0 Å². The van der Waals surface area contributed by atoms with Crippen LogP contribution in [0.3, 0.4) is 0 Å². The number of ketones is 1. The minimum Gasteiger partial charge on any atom is -0.465 e. The molecule has 0 amide bonds. The molecule has 0 N–H and O–H groups in total. The fraction of sp³-hybridized carbons (Fsp3) is 0.353. The molecule has 5 heteroatoms. The largest absolute Gasteiger partial charge is 0.465 e. The molecule has 2 atom stereocenters. The third-order valence-electron chi connectivity index (χ3n) is 4.34. The molecule has 114 valence electrons. The van der Waals surface area contributed by atoms with Gasteiger partial charge in [-0.25, -0.2) is 0 Å². The first-order valence-electron chi connectivity index (χ1n) is 7.18. The van der Waals surface area contributed by atoms with Gasteiger partial charge in [0.1, 0.15) is 6.61 Å². The molecule has 1 aliphatic heterocycles.